The van der Waals surface area contributed by atoms with Crippen molar-refractivity contribution in [3.63, 3.8) is 0 Å². The van der Waals surface area contributed by atoms with Crippen LogP contribution < -0.4 is 14.7 Å². The minimum absolute atomic E-state index is 0.151. The fraction of sp³-hybridized carbons (Fsp3) is 0.444. The topological polar surface area (TPSA) is 64.4 Å². The van der Waals surface area contributed by atoms with Crippen molar-refractivity contribution in [3.8, 4) is 22.6 Å². The van der Waals surface area contributed by atoms with Crippen molar-refractivity contribution in [1.29, 1.82) is 0 Å². The van der Waals surface area contributed by atoms with Crippen LogP contribution in [-0.2, 0) is 9.57 Å². The van der Waals surface area contributed by atoms with Gasteiger partial charge < -0.3 is 19.4 Å². The maximum absolute atomic E-state index is 12.7. The van der Waals surface area contributed by atoms with Crippen LogP contribution in [0.1, 0.15) is 67.2 Å². The van der Waals surface area contributed by atoms with Crippen LogP contribution in [0.25, 0.3) is 32.7 Å². The first-order valence-corrected chi connectivity index (χ1v) is 15.4. The van der Waals surface area contributed by atoms with Crippen molar-refractivity contribution < 1.29 is 24.3 Å². The second-order valence-electron chi connectivity index (χ2n) is 11.4. The van der Waals surface area contributed by atoms with Crippen molar-refractivity contribution in [2.24, 2.45) is 0 Å². The maximum Gasteiger partial charge on any atom is 0.140 e. The maximum atomic E-state index is 12.7. The number of benzene rings is 4. The number of hydrogen-bond acceptors (Lipinski definition) is 5. The van der Waals surface area contributed by atoms with E-state index in [0.717, 1.165) is 69.9 Å². The van der Waals surface area contributed by atoms with E-state index in [1.807, 2.05) is 51.1 Å². The normalized spacial score (nSPS) is 13.0. The highest BCUT2D eigenvalue weighted by atomic mass is 16.9. The molecule has 0 saturated heterocycles. The smallest absolute Gasteiger partial charge is 0.140 e. The van der Waals surface area contributed by atoms with Crippen molar-refractivity contribution in [2.45, 2.75) is 78.4 Å². The molecule has 0 aliphatic carbocycles. The zero-order chi connectivity index (χ0) is 30.2. The van der Waals surface area contributed by atoms with Gasteiger partial charge in [-0.15, -0.1) is 0 Å². The number of quaternary nitrogens is 1. The highest BCUT2D eigenvalue weighted by molar-refractivity contribution is 6.09. The molecule has 0 saturated carbocycles. The number of nitrogens with one attached hydrogen (secondary N) is 1. The molecule has 0 aromatic heterocycles. The van der Waals surface area contributed by atoms with Gasteiger partial charge in [-0.2, -0.15) is 0 Å². The Balaban J connectivity index is 1.68. The van der Waals surface area contributed by atoms with E-state index in [-0.39, 0.29) is 24.0 Å². The Morgan fingerprint density at radius 3 is 1.55 bits per heavy atom. The predicted octanol–water partition coefficient (Wildman–Crippen LogP) is 7.91. The zero-order valence-corrected chi connectivity index (χ0v) is 26.1. The summed E-state index contributed by atoms with van der Waals surface area (Å²) in [7, 11) is 0. The standard InChI is InChI=1S/C36H47NO5/c1-7-35(5,8-2)37(38)42-26-24-40-32-22-20-28-16-12-14-18-30(28)34(32)33-29-17-13-11-15-27(29)19-21-31(33)39-23-25-41-36(6,9-3)10-4/h11-22,37H,7-10,23-26H2,1-6H3. The van der Waals surface area contributed by atoms with Crippen LogP contribution in [0.5, 0.6) is 11.5 Å². The molecule has 0 fully saturated rings. The minimum Gasteiger partial charge on any atom is -0.599 e. The lowest BCUT2D eigenvalue weighted by atomic mass is 9.92. The Labute approximate surface area is 251 Å². The third-order valence-corrected chi connectivity index (χ3v) is 8.95. The summed E-state index contributed by atoms with van der Waals surface area (Å²) in [5.74, 6) is 1.50. The second-order valence-corrected chi connectivity index (χ2v) is 11.4. The van der Waals surface area contributed by atoms with Crippen LogP contribution in [0.15, 0.2) is 72.8 Å². The van der Waals surface area contributed by atoms with Gasteiger partial charge in [0.2, 0.25) is 0 Å². The van der Waals surface area contributed by atoms with Crippen molar-refractivity contribution in [2.75, 3.05) is 26.4 Å². The Morgan fingerprint density at radius 1 is 0.595 bits per heavy atom. The van der Waals surface area contributed by atoms with Crippen LogP contribution in [-0.4, -0.2) is 37.6 Å². The predicted molar refractivity (Wildman–Crippen MR) is 172 cm³/mol. The summed E-state index contributed by atoms with van der Waals surface area (Å²) in [4.78, 5) is 5.65. The molecule has 0 aliphatic heterocycles. The summed E-state index contributed by atoms with van der Waals surface area (Å²) >= 11 is 0. The van der Waals surface area contributed by atoms with Crippen molar-refractivity contribution in [3.05, 3.63) is 78.0 Å². The molecule has 4 aromatic rings. The summed E-state index contributed by atoms with van der Waals surface area (Å²) in [6.45, 7) is 13.8. The molecule has 0 radical (unpaired) electrons. The third-order valence-electron chi connectivity index (χ3n) is 8.95. The Kier molecular flexibility index (Phi) is 10.8. The number of hydrogen-bond donors (Lipinski definition) is 1. The Morgan fingerprint density at radius 2 is 1.07 bits per heavy atom. The van der Waals surface area contributed by atoms with E-state index in [4.69, 9.17) is 19.0 Å². The average Bonchev–Trinajstić information content (AvgIpc) is 3.04. The first-order chi connectivity index (χ1) is 20.3. The van der Waals surface area contributed by atoms with Crippen LogP contribution in [0.3, 0.4) is 0 Å². The molecule has 6 heteroatoms. The minimum atomic E-state index is -0.473. The lowest BCUT2D eigenvalue weighted by Crippen LogP contribution is -3.14. The summed E-state index contributed by atoms with van der Waals surface area (Å²) in [5, 5.41) is 16.9. The molecular weight excluding hydrogens is 526 g/mol. The molecular formula is C36H47NO5. The van der Waals surface area contributed by atoms with Gasteiger partial charge in [0.25, 0.3) is 0 Å². The van der Waals surface area contributed by atoms with E-state index < -0.39 is 5.54 Å². The molecule has 42 heavy (non-hydrogen) atoms. The summed E-state index contributed by atoms with van der Waals surface area (Å²) in [6, 6.07) is 24.9. The van der Waals surface area contributed by atoms with Crippen LogP contribution in [0.2, 0.25) is 0 Å². The molecule has 4 aromatic carbocycles. The van der Waals surface area contributed by atoms with Gasteiger partial charge in [0.15, 0.2) is 0 Å². The molecule has 0 aliphatic rings. The third kappa shape index (κ3) is 7.07. The molecule has 1 N–H and O–H groups in total. The largest absolute Gasteiger partial charge is 0.599 e. The fourth-order valence-corrected chi connectivity index (χ4v) is 5.15. The average molecular weight is 574 g/mol. The molecule has 1 unspecified atom stereocenters. The molecule has 4 rings (SSSR count). The Bertz CT molecular complexity index is 1440. The zero-order valence-electron chi connectivity index (χ0n) is 26.1. The monoisotopic (exact) mass is 573 g/mol. The number of fused-ring (bicyclic) bond motifs is 2. The summed E-state index contributed by atoms with van der Waals surface area (Å²) < 4.78 is 19.0. The molecule has 226 valence electrons. The molecule has 0 heterocycles. The molecule has 6 nitrogen and oxygen atoms in total. The quantitative estimate of drug-likeness (QED) is 0.109. The van der Waals surface area contributed by atoms with Gasteiger partial charge in [-0.3, -0.25) is 0 Å². The van der Waals surface area contributed by atoms with Gasteiger partial charge in [-0.25, -0.2) is 10.1 Å². The summed E-state index contributed by atoms with van der Waals surface area (Å²) in [5.41, 5.74) is 1.32. The van der Waals surface area contributed by atoms with E-state index in [0.29, 0.717) is 13.2 Å². The van der Waals surface area contributed by atoms with Crippen LogP contribution in [0.4, 0.5) is 0 Å². The lowest BCUT2D eigenvalue weighted by molar-refractivity contribution is -1.09. The van der Waals surface area contributed by atoms with Crippen molar-refractivity contribution in [1.82, 2.24) is 0 Å². The SMILES string of the molecule is CCC(C)(CC)OCCOc1ccc2ccccc2c1-c1c(OCCO[NH+]([O-])C(C)(CC)CC)ccc2ccccc12. The van der Waals surface area contributed by atoms with Gasteiger partial charge in [-0.05, 0) is 60.4 Å². The number of hydroxylamine groups is 2. The van der Waals surface area contributed by atoms with Gasteiger partial charge in [-0.1, -0.05) is 88.4 Å². The first-order valence-electron chi connectivity index (χ1n) is 15.4. The Hall–Kier alpha value is -3.16. The molecule has 1 atom stereocenters. The summed E-state index contributed by atoms with van der Waals surface area (Å²) in [6.07, 6.45) is 3.38. The highest BCUT2D eigenvalue weighted by Crippen LogP contribution is 2.45. The number of ether oxygens (including phenoxy) is 3. The van der Waals surface area contributed by atoms with Gasteiger partial charge in [0, 0.05) is 24.0 Å². The van der Waals surface area contributed by atoms with Crippen LogP contribution in [0, 0.1) is 5.21 Å². The second kappa shape index (κ2) is 14.3. The van der Waals surface area contributed by atoms with Gasteiger partial charge in [0.1, 0.15) is 36.9 Å². The lowest BCUT2D eigenvalue weighted by Gasteiger charge is -2.36. The molecule has 0 spiro atoms. The van der Waals surface area contributed by atoms with E-state index in [9.17, 15) is 5.21 Å². The molecule has 0 amide bonds. The van der Waals surface area contributed by atoms with E-state index >= 15 is 0 Å². The van der Waals surface area contributed by atoms with Crippen molar-refractivity contribution >= 4 is 21.5 Å². The van der Waals surface area contributed by atoms with E-state index in [1.165, 1.54) is 0 Å². The molecule has 0 bridgehead atoms. The first kappa shape index (κ1) is 31.8. The van der Waals surface area contributed by atoms with Crippen LogP contribution >= 0.6 is 0 Å². The van der Waals surface area contributed by atoms with E-state index in [1.54, 1.807) is 0 Å². The number of rotatable bonds is 16. The highest BCUT2D eigenvalue weighted by Gasteiger charge is 2.28. The van der Waals surface area contributed by atoms with E-state index in [2.05, 4.69) is 63.2 Å². The van der Waals surface area contributed by atoms with Gasteiger partial charge in [0.05, 0.1) is 12.2 Å². The fourth-order valence-electron chi connectivity index (χ4n) is 5.15. The van der Waals surface area contributed by atoms with Gasteiger partial charge >= 0.3 is 0 Å².